The molecule has 0 saturated carbocycles. The number of benzene rings is 3. The van der Waals surface area contributed by atoms with Crippen molar-refractivity contribution in [3.8, 4) is 17.2 Å². The van der Waals surface area contributed by atoms with Crippen LogP contribution in [0.2, 0.25) is 10.0 Å². The van der Waals surface area contributed by atoms with Gasteiger partial charge in [-0.2, -0.15) is 0 Å². The Labute approximate surface area is 256 Å². The molecule has 0 aromatic heterocycles. The Kier molecular flexibility index (Phi) is 10.3. The fourth-order valence-corrected chi connectivity index (χ4v) is 4.83. The molecule has 0 radical (unpaired) electrons. The minimum atomic E-state index is -0.843. The van der Waals surface area contributed by atoms with Gasteiger partial charge in [0.1, 0.15) is 17.9 Å². The first-order valence-corrected chi connectivity index (χ1v) is 14.4. The molecule has 214 valence electrons. The molecule has 0 spiro atoms. The van der Waals surface area contributed by atoms with Gasteiger partial charge in [-0.3, -0.25) is 19.8 Å². The van der Waals surface area contributed by atoms with Crippen molar-refractivity contribution in [1.29, 1.82) is 0 Å². The van der Waals surface area contributed by atoms with Crippen molar-refractivity contribution in [2.45, 2.75) is 33.4 Å². The lowest BCUT2D eigenvalue weighted by Gasteiger charge is -2.27. The van der Waals surface area contributed by atoms with Gasteiger partial charge < -0.3 is 14.2 Å². The maximum absolute atomic E-state index is 13.5. The lowest BCUT2D eigenvalue weighted by molar-refractivity contribution is -0.130. The van der Waals surface area contributed by atoms with E-state index >= 15 is 0 Å². The molecule has 0 bridgehead atoms. The number of nitrogens with one attached hydrogen (secondary N) is 1. The first kappa shape index (κ1) is 30.4. The molecule has 0 aliphatic carbocycles. The largest absolute Gasteiger partial charge is 0.490 e. The van der Waals surface area contributed by atoms with E-state index in [1.807, 2.05) is 38.1 Å². The summed E-state index contributed by atoms with van der Waals surface area (Å²) in [7, 11) is 0. The molecule has 4 rings (SSSR count). The Morgan fingerprint density at radius 3 is 2.34 bits per heavy atom. The van der Waals surface area contributed by atoms with Gasteiger partial charge in [0.2, 0.25) is 0 Å². The van der Waals surface area contributed by atoms with Crippen molar-refractivity contribution in [2.24, 2.45) is 0 Å². The summed E-state index contributed by atoms with van der Waals surface area (Å²) in [5.41, 5.74) is 1.52. The molecule has 0 atom stereocenters. The van der Waals surface area contributed by atoms with E-state index in [0.29, 0.717) is 35.8 Å². The van der Waals surface area contributed by atoms with Crippen LogP contribution < -0.4 is 19.5 Å². The summed E-state index contributed by atoms with van der Waals surface area (Å²) in [4.78, 5) is 39.9. The van der Waals surface area contributed by atoms with Gasteiger partial charge in [-0.1, -0.05) is 64.3 Å². The highest BCUT2D eigenvalue weighted by Crippen LogP contribution is 2.35. The van der Waals surface area contributed by atoms with Crippen LogP contribution in [0.25, 0.3) is 6.08 Å². The third-order valence-corrected chi connectivity index (χ3v) is 6.96. The monoisotopic (exact) mass is 660 g/mol. The quantitative estimate of drug-likeness (QED) is 0.173. The average molecular weight is 662 g/mol. The second-order valence-corrected chi connectivity index (χ2v) is 10.8. The van der Waals surface area contributed by atoms with Crippen molar-refractivity contribution in [1.82, 2.24) is 10.2 Å². The molecular formula is C30H27BrCl2N2O6. The summed E-state index contributed by atoms with van der Waals surface area (Å²) < 4.78 is 18.3. The van der Waals surface area contributed by atoms with Crippen LogP contribution in [0.1, 0.15) is 37.0 Å². The molecule has 0 unspecified atom stereocenters. The summed E-state index contributed by atoms with van der Waals surface area (Å²) in [6.45, 7) is 4.84. The molecule has 3 aromatic carbocycles. The van der Waals surface area contributed by atoms with Crippen molar-refractivity contribution >= 4 is 63.1 Å². The van der Waals surface area contributed by atoms with Gasteiger partial charge in [-0.05, 0) is 66.9 Å². The Balaban J connectivity index is 1.62. The zero-order valence-corrected chi connectivity index (χ0v) is 25.4. The van der Waals surface area contributed by atoms with Crippen LogP contribution in [-0.4, -0.2) is 36.0 Å². The highest BCUT2D eigenvalue weighted by molar-refractivity contribution is 9.10. The van der Waals surface area contributed by atoms with Gasteiger partial charge in [0, 0.05) is 15.1 Å². The lowest BCUT2D eigenvalue weighted by atomic mass is 10.1. The van der Waals surface area contributed by atoms with Gasteiger partial charge >= 0.3 is 6.03 Å². The molecule has 8 nitrogen and oxygen atoms in total. The number of imide groups is 2. The van der Waals surface area contributed by atoms with Crippen LogP contribution in [0.15, 0.2) is 64.6 Å². The highest BCUT2D eigenvalue weighted by Gasteiger charge is 2.36. The number of carbonyl (C=O) groups is 3. The number of barbiturate groups is 1. The van der Waals surface area contributed by atoms with E-state index in [1.54, 1.807) is 18.2 Å². The Bertz CT molecular complexity index is 1490. The zero-order chi connectivity index (χ0) is 29.5. The van der Waals surface area contributed by atoms with E-state index in [0.717, 1.165) is 21.4 Å². The number of amides is 4. The number of hydrogen-bond donors (Lipinski definition) is 1. The predicted octanol–water partition coefficient (Wildman–Crippen LogP) is 7.18. The number of halogens is 3. The van der Waals surface area contributed by atoms with Crippen LogP contribution in [0.4, 0.5) is 4.79 Å². The standard InChI is InChI=1S/C30H27BrCl2N2O6/c1-3-11-40-25-10-7-19(12-26(25)39-4-2)16-35-29(37)23(28(36)34-30(35)38)14-20-13-22(32)15-24(33)27(20)41-17-18-5-8-21(31)9-6-18/h5-10,12-15H,3-4,11,16-17H2,1-2H3,(H,34,36,38)/b23-14+. The third kappa shape index (κ3) is 7.61. The second kappa shape index (κ2) is 13.9. The molecule has 1 fully saturated rings. The number of rotatable bonds is 11. The Morgan fingerprint density at radius 1 is 0.902 bits per heavy atom. The van der Waals surface area contributed by atoms with E-state index in [1.165, 1.54) is 18.2 Å². The fraction of sp³-hybridized carbons (Fsp3) is 0.233. The number of nitrogens with zero attached hydrogens (tertiary/aromatic N) is 1. The minimum absolute atomic E-state index is 0.105. The normalized spacial score (nSPS) is 14.3. The van der Waals surface area contributed by atoms with Gasteiger partial charge in [0.15, 0.2) is 11.5 Å². The van der Waals surface area contributed by atoms with Gasteiger partial charge in [-0.25, -0.2) is 4.79 Å². The summed E-state index contributed by atoms with van der Waals surface area (Å²) in [6.07, 6.45) is 2.15. The van der Waals surface area contributed by atoms with E-state index in [-0.39, 0.29) is 34.5 Å². The molecule has 3 aromatic rings. The predicted molar refractivity (Wildman–Crippen MR) is 160 cm³/mol. The Morgan fingerprint density at radius 2 is 1.63 bits per heavy atom. The first-order valence-electron chi connectivity index (χ1n) is 12.8. The lowest BCUT2D eigenvalue weighted by Crippen LogP contribution is -2.53. The summed E-state index contributed by atoms with van der Waals surface area (Å²) in [5.74, 6) is -0.325. The fourth-order valence-electron chi connectivity index (χ4n) is 4.00. The second-order valence-electron chi connectivity index (χ2n) is 8.99. The van der Waals surface area contributed by atoms with E-state index in [9.17, 15) is 14.4 Å². The van der Waals surface area contributed by atoms with Crippen LogP contribution in [0, 0.1) is 0 Å². The Hall–Kier alpha value is -3.53. The molecule has 1 N–H and O–H groups in total. The number of hydrogen-bond acceptors (Lipinski definition) is 6. The minimum Gasteiger partial charge on any atom is -0.490 e. The van der Waals surface area contributed by atoms with Crippen LogP contribution in [0.5, 0.6) is 17.2 Å². The SMILES string of the molecule is CCCOc1ccc(CN2C(=O)NC(=O)/C(=C\c3cc(Cl)cc(Cl)c3OCc3ccc(Br)cc3)C2=O)cc1OCC. The number of carbonyl (C=O) groups excluding carboxylic acids is 3. The molecular weight excluding hydrogens is 635 g/mol. The average Bonchev–Trinajstić information content (AvgIpc) is 2.93. The van der Waals surface area contributed by atoms with Crippen molar-refractivity contribution in [3.05, 3.63) is 91.4 Å². The topological polar surface area (TPSA) is 94.2 Å². The smallest absolute Gasteiger partial charge is 0.331 e. The van der Waals surface area contributed by atoms with Gasteiger partial charge in [0.25, 0.3) is 11.8 Å². The van der Waals surface area contributed by atoms with Gasteiger partial charge in [0.05, 0.1) is 24.8 Å². The van der Waals surface area contributed by atoms with Gasteiger partial charge in [-0.15, -0.1) is 0 Å². The molecule has 1 aliphatic heterocycles. The summed E-state index contributed by atoms with van der Waals surface area (Å²) >= 11 is 16.1. The first-order chi connectivity index (χ1) is 19.7. The maximum atomic E-state index is 13.5. The molecule has 41 heavy (non-hydrogen) atoms. The molecule has 11 heteroatoms. The van der Waals surface area contributed by atoms with Crippen molar-refractivity contribution in [3.63, 3.8) is 0 Å². The molecule has 4 amide bonds. The maximum Gasteiger partial charge on any atom is 0.331 e. The van der Waals surface area contributed by atoms with E-state index in [2.05, 4.69) is 21.2 Å². The van der Waals surface area contributed by atoms with E-state index < -0.39 is 17.8 Å². The molecule has 1 aliphatic rings. The number of urea groups is 1. The summed E-state index contributed by atoms with van der Waals surface area (Å²) in [6, 6.07) is 14.9. The van der Waals surface area contributed by atoms with Crippen molar-refractivity contribution in [2.75, 3.05) is 13.2 Å². The highest BCUT2D eigenvalue weighted by atomic mass is 79.9. The van der Waals surface area contributed by atoms with Crippen LogP contribution in [-0.2, 0) is 22.7 Å². The molecule has 1 heterocycles. The third-order valence-electron chi connectivity index (χ3n) is 5.93. The van der Waals surface area contributed by atoms with E-state index in [4.69, 9.17) is 37.4 Å². The van der Waals surface area contributed by atoms with Crippen LogP contribution >= 0.6 is 39.1 Å². The zero-order valence-electron chi connectivity index (χ0n) is 22.3. The van der Waals surface area contributed by atoms with Crippen LogP contribution in [0.3, 0.4) is 0 Å². The number of ether oxygens (including phenoxy) is 3. The molecule has 1 saturated heterocycles. The van der Waals surface area contributed by atoms with Crippen molar-refractivity contribution < 1.29 is 28.6 Å². The summed E-state index contributed by atoms with van der Waals surface area (Å²) in [5, 5.41) is 2.71.